The van der Waals surface area contributed by atoms with Crippen LogP contribution in [0.1, 0.15) is 37.5 Å². The number of rotatable bonds is 3. The largest absolute Gasteiger partial charge is 0.358 e. The third kappa shape index (κ3) is 2.92. The maximum atomic E-state index is 10.8. The molecule has 0 saturated carbocycles. The van der Waals surface area contributed by atoms with E-state index in [0.717, 1.165) is 5.56 Å². The monoisotopic (exact) mass is 322 g/mol. The van der Waals surface area contributed by atoms with Crippen molar-refractivity contribution in [1.82, 2.24) is 0 Å². The van der Waals surface area contributed by atoms with Gasteiger partial charge in [-0.1, -0.05) is 30.3 Å². The first-order valence-electron chi connectivity index (χ1n) is 8.09. The van der Waals surface area contributed by atoms with Gasteiger partial charge in [-0.05, 0) is 50.5 Å². The summed E-state index contributed by atoms with van der Waals surface area (Å²) in [5, 5.41) is 10.8. The van der Waals surface area contributed by atoms with Gasteiger partial charge in [0.2, 0.25) is 0 Å². The minimum atomic E-state index is -0.362. The number of hydrogen-bond acceptors (Lipinski definition) is 3. The Morgan fingerprint density at radius 3 is 2.38 bits per heavy atom. The first-order chi connectivity index (χ1) is 11.3. The Kier molecular flexibility index (Phi) is 3.91. The molecule has 0 bridgehead atoms. The van der Waals surface area contributed by atoms with Crippen LogP contribution in [0.4, 0.5) is 11.4 Å². The summed E-state index contributed by atoms with van der Waals surface area (Å²) in [6.07, 6.45) is 2.29. The Morgan fingerprint density at radius 2 is 1.75 bits per heavy atom. The summed E-state index contributed by atoms with van der Waals surface area (Å²) in [7, 11) is 0. The van der Waals surface area contributed by atoms with Crippen LogP contribution >= 0.6 is 0 Å². The van der Waals surface area contributed by atoms with Gasteiger partial charge >= 0.3 is 0 Å². The third-order valence-corrected chi connectivity index (χ3v) is 4.62. The Hall–Kier alpha value is -2.62. The zero-order valence-corrected chi connectivity index (χ0v) is 14.5. The normalized spacial score (nSPS) is 15.7. The summed E-state index contributed by atoms with van der Waals surface area (Å²) in [6, 6.07) is 13.4. The summed E-state index contributed by atoms with van der Waals surface area (Å²) in [5.74, 6) is 0. The van der Waals surface area contributed by atoms with Crippen molar-refractivity contribution in [3.8, 4) is 0 Å². The summed E-state index contributed by atoms with van der Waals surface area (Å²) in [6.45, 7) is 9.37. The van der Waals surface area contributed by atoms with Crippen LogP contribution < -0.4 is 4.90 Å². The molecule has 4 nitrogen and oxygen atoms in total. The second-order valence-corrected chi connectivity index (χ2v) is 7.01. The molecule has 0 spiro atoms. The van der Waals surface area contributed by atoms with Crippen LogP contribution in [0.15, 0.2) is 48.5 Å². The number of aryl methyl sites for hydroxylation is 1. The van der Waals surface area contributed by atoms with E-state index in [4.69, 9.17) is 0 Å². The molecule has 0 aromatic heterocycles. The van der Waals surface area contributed by atoms with E-state index in [2.05, 4.69) is 56.9 Å². The number of nitro benzene ring substituents is 1. The maximum absolute atomic E-state index is 10.8. The van der Waals surface area contributed by atoms with Gasteiger partial charge in [-0.3, -0.25) is 10.1 Å². The van der Waals surface area contributed by atoms with Crippen molar-refractivity contribution in [2.24, 2.45) is 0 Å². The summed E-state index contributed by atoms with van der Waals surface area (Å²) in [5.41, 5.74) is 6.06. The molecule has 0 aliphatic carbocycles. The fourth-order valence-corrected chi connectivity index (χ4v) is 3.39. The highest BCUT2D eigenvalue weighted by molar-refractivity contribution is 5.81. The topological polar surface area (TPSA) is 46.4 Å². The molecule has 0 amide bonds. The van der Waals surface area contributed by atoms with Crippen molar-refractivity contribution in [3.63, 3.8) is 0 Å². The minimum Gasteiger partial charge on any atom is -0.358 e. The van der Waals surface area contributed by atoms with E-state index in [0.29, 0.717) is 6.54 Å². The molecule has 24 heavy (non-hydrogen) atoms. The van der Waals surface area contributed by atoms with Gasteiger partial charge in [0.15, 0.2) is 0 Å². The molecule has 0 atom stereocenters. The van der Waals surface area contributed by atoms with Gasteiger partial charge in [-0.15, -0.1) is 0 Å². The van der Waals surface area contributed by atoms with Crippen LogP contribution in [0, 0.1) is 17.0 Å². The lowest BCUT2D eigenvalue weighted by molar-refractivity contribution is -0.384. The summed E-state index contributed by atoms with van der Waals surface area (Å²) < 4.78 is 0. The molecule has 0 unspecified atom stereocenters. The van der Waals surface area contributed by atoms with E-state index in [-0.39, 0.29) is 16.1 Å². The number of benzene rings is 2. The van der Waals surface area contributed by atoms with Gasteiger partial charge < -0.3 is 4.90 Å². The lowest BCUT2D eigenvalue weighted by Crippen LogP contribution is -2.44. The molecular weight excluding hydrogens is 300 g/mol. The van der Waals surface area contributed by atoms with Gasteiger partial charge in [0.05, 0.1) is 10.5 Å². The van der Waals surface area contributed by atoms with E-state index in [1.165, 1.54) is 22.4 Å². The van der Waals surface area contributed by atoms with Crippen LogP contribution in [-0.2, 0) is 6.54 Å². The molecule has 124 valence electrons. The SMILES string of the molecule is CC1=CC(C)(C)N(Cc2ccc([N+](=O)[O-])cc2)c2cc(C)ccc21. The van der Waals surface area contributed by atoms with Gasteiger partial charge in [0, 0.05) is 29.9 Å². The lowest BCUT2D eigenvalue weighted by Gasteiger charge is -2.43. The average molecular weight is 322 g/mol. The summed E-state index contributed by atoms with van der Waals surface area (Å²) >= 11 is 0. The second-order valence-electron chi connectivity index (χ2n) is 7.01. The van der Waals surface area contributed by atoms with Crippen LogP contribution in [0.2, 0.25) is 0 Å². The predicted octanol–water partition coefficient (Wildman–Crippen LogP) is 5.11. The molecule has 3 rings (SSSR count). The number of hydrogen-bond donors (Lipinski definition) is 0. The van der Waals surface area contributed by atoms with Crippen molar-refractivity contribution < 1.29 is 4.92 Å². The fraction of sp³-hybridized carbons (Fsp3) is 0.300. The van der Waals surface area contributed by atoms with E-state index in [1.807, 2.05) is 12.1 Å². The van der Waals surface area contributed by atoms with E-state index in [9.17, 15) is 10.1 Å². The molecule has 1 aliphatic heterocycles. The highest BCUT2D eigenvalue weighted by Gasteiger charge is 2.31. The molecule has 0 N–H and O–H groups in total. The predicted molar refractivity (Wildman–Crippen MR) is 98.2 cm³/mol. The van der Waals surface area contributed by atoms with Crippen LogP contribution in [0.3, 0.4) is 0 Å². The number of nitrogens with zero attached hydrogens (tertiary/aromatic N) is 2. The first-order valence-corrected chi connectivity index (χ1v) is 8.09. The molecule has 4 heteroatoms. The number of anilines is 1. The van der Waals surface area contributed by atoms with Gasteiger partial charge in [0.25, 0.3) is 5.69 Å². The van der Waals surface area contributed by atoms with Crippen molar-refractivity contribution in [3.05, 3.63) is 75.3 Å². The van der Waals surface area contributed by atoms with E-state index in [1.54, 1.807) is 12.1 Å². The quantitative estimate of drug-likeness (QED) is 0.583. The lowest BCUT2D eigenvalue weighted by atomic mass is 9.88. The molecule has 2 aromatic carbocycles. The van der Waals surface area contributed by atoms with Gasteiger partial charge in [-0.25, -0.2) is 0 Å². The van der Waals surface area contributed by atoms with Crippen LogP contribution in [0.5, 0.6) is 0 Å². The van der Waals surface area contributed by atoms with Crippen LogP contribution in [0.25, 0.3) is 5.57 Å². The zero-order chi connectivity index (χ0) is 17.5. The van der Waals surface area contributed by atoms with Crippen molar-refractivity contribution in [2.45, 2.75) is 39.8 Å². The fourth-order valence-electron chi connectivity index (χ4n) is 3.39. The van der Waals surface area contributed by atoms with Crippen molar-refractivity contribution in [2.75, 3.05) is 4.90 Å². The highest BCUT2D eigenvalue weighted by Crippen LogP contribution is 2.40. The summed E-state index contributed by atoms with van der Waals surface area (Å²) in [4.78, 5) is 12.8. The van der Waals surface area contributed by atoms with Crippen molar-refractivity contribution in [1.29, 1.82) is 0 Å². The standard InChI is InChI=1S/C20H22N2O2/c1-14-5-10-18-15(2)12-20(3,4)21(19(18)11-14)13-16-6-8-17(9-7-16)22(23)24/h5-12H,13H2,1-4H3. The molecule has 0 saturated heterocycles. The number of non-ortho nitro benzene ring substituents is 1. The van der Waals surface area contributed by atoms with Gasteiger partial charge in [-0.2, -0.15) is 0 Å². The maximum Gasteiger partial charge on any atom is 0.269 e. The molecule has 0 radical (unpaired) electrons. The van der Waals surface area contributed by atoms with E-state index >= 15 is 0 Å². The Labute approximate surface area is 142 Å². The Morgan fingerprint density at radius 1 is 1.08 bits per heavy atom. The average Bonchev–Trinajstić information content (AvgIpc) is 2.51. The zero-order valence-electron chi connectivity index (χ0n) is 14.5. The Balaban J connectivity index is 2.00. The first kappa shape index (κ1) is 16.2. The van der Waals surface area contributed by atoms with Gasteiger partial charge in [0.1, 0.15) is 0 Å². The molecular formula is C20H22N2O2. The smallest absolute Gasteiger partial charge is 0.269 e. The highest BCUT2D eigenvalue weighted by atomic mass is 16.6. The Bertz CT molecular complexity index is 820. The third-order valence-electron chi connectivity index (χ3n) is 4.62. The number of fused-ring (bicyclic) bond motifs is 1. The van der Waals surface area contributed by atoms with Crippen LogP contribution in [-0.4, -0.2) is 10.5 Å². The van der Waals surface area contributed by atoms with Crippen molar-refractivity contribution >= 4 is 16.9 Å². The molecule has 0 fully saturated rings. The molecule has 1 aliphatic rings. The number of allylic oxidation sites excluding steroid dienone is 1. The second kappa shape index (κ2) is 5.78. The molecule has 1 heterocycles. The minimum absolute atomic E-state index is 0.118. The molecule has 2 aromatic rings. The number of nitro groups is 1. The van der Waals surface area contributed by atoms with E-state index < -0.39 is 0 Å².